The van der Waals surface area contributed by atoms with Crippen molar-refractivity contribution in [2.75, 3.05) is 6.26 Å². The molecule has 0 N–H and O–H groups in total. The van der Waals surface area contributed by atoms with Gasteiger partial charge in [-0.1, -0.05) is 30.3 Å². The number of aromatic nitrogens is 2. The summed E-state index contributed by atoms with van der Waals surface area (Å²) in [5, 5.41) is 0. The summed E-state index contributed by atoms with van der Waals surface area (Å²) in [6, 6.07) is 13.8. The van der Waals surface area contributed by atoms with Gasteiger partial charge in [0.25, 0.3) is 0 Å². The summed E-state index contributed by atoms with van der Waals surface area (Å²) in [5.74, 6) is 1.26. The molecule has 0 fully saturated rings. The Bertz CT molecular complexity index is 1020. The molecule has 1 heterocycles. The average molecular weight is 409 g/mol. The molecule has 4 rings (SSSR count). The first kappa shape index (κ1) is 19.6. The predicted octanol–water partition coefficient (Wildman–Crippen LogP) is 4.10. The zero-order chi connectivity index (χ0) is 20.2. The molecular weight excluding hydrogens is 384 g/mol. The lowest BCUT2D eigenvalue weighted by Crippen LogP contribution is -2.18. The molecule has 0 spiro atoms. The van der Waals surface area contributed by atoms with Crippen LogP contribution < -0.4 is 4.74 Å². The first-order valence-corrected chi connectivity index (χ1v) is 11.5. The molecule has 150 valence electrons. The summed E-state index contributed by atoms with van der Waals surface area (Å²) < 4.78 is 20.6. The standard InChI is InChI=1S/C23H24N2O3S/c1-29(27)15-20-18-8-5-9-21(26)19(18)10-11-22(20)28-23(14-25-13-12-24-16-25)17-6-3-2-4-7-17/h2-4,6-7,10-13,16,23H,5,8-9,14-15H2,1H3/t23-,29?/m1/s1. The Kier molecular flexibility index (Phi) is 5.90. The predicted molar refractivity (Wildman–Crippen MR) is 114 cm³/mol. The van der Waals surface area contributed by atoms with Crippen LogP contribution in [0.15, 0.2) is 61.2 Å². The van der Waals surface area contributed by atoms with Crippen molar-refractivity contribution < 1.29 is 13.7 Å². The second-order valence-electron chi connectivity index (χ2n) is 7.34. The Morgan fingerprint density at radius 1 is 1.17 bits per heavy atom. The highest BCUT2D eigenvalue weighted by Gasteiger charge is 2.25. The van der Waals surface area contributed by atoms with E-state index in [2.05, 4.69) is 4.98 Å². The van der Waals surface area contributed by atoms with Crippen molar-refractivity contribution in [1.82, 2.24) is 9.55 Å². The number of imidazole rings is 1. The van der Waals surface area contributed by atoms with Gasteiger partial charge in [-0.3, -0.25) is 9.00 Å². The minimum Gasteiger partial charge on any atom is -0.484 e. The second-order valence-corrected chi connectivity index (χ2v) is 8.77. The van der Waals surface area contributed by atoms with Crippen molar-refractivity contribution in [2.45, 2.75) is 37.7 Å². The summed E-state index contributed by atoms with van der Waals surface area (Å²) in [6.07, 6.45) is 9.12. The van der Waals surface area contributed by atoms with Gasteiger partial charge in [-0.25, -0.2) is 4.98 Å². The fourth-order valence-corrected chi connectivity index (χ4v) is 4.59. The number of carbonyl (C=O) groups is 1. The molecule has 0 aliphatic heterocycles. The number of nitrogens with zero attached hydrogens (tertiary/aromatic N) is 2. The third kappa shape index (κ3) is 4.48. The molecular formula is C23H24N2O3S. The summed E-state index contributed by atoms with van der Waals surface area (Å²) in [4.78, 5) is 16.5. The normalized spacial score (nSPS) is 15.6. The van der Waals surface area contributed by atoms with Crippen LogP contribution >= 0.6 is 0 Å². The van der Waals surface area contributed by atoms with Crippen LogP contribution in [0.1, 0.15) is 46.0 Å². The van der Waals surface area contributed by atoms with E-state index in [0.717, 1.165) is 35.1 Å². The van der Waals surface area contributed by atoms with E-state index in [1.165, 1.54) is 0 Å². The van der Waals surface area contributed by atoms with Gasteiger partial charge in [-0.05, 0) is 36.1 Å². The van der Waals surface area contributed by atoms with Crippen molar-refractivity contribution in [1.29, 1.82) is 0 Å². The van der Waals surface area contributed by atoms with E-state index < -0.39 is 10.8 Å². The molecule has 2 aromatic carbocycles. The SMILES string of the molecule is CS(=O)Cc1c(O[C@H](Cn2ccnc2)c2ccccc2)ccc2c1CCCC2=O. The van der Waals surface area contributed by atoms with Crippen molar-refractivity contribution in [2.24, 2.45) is 0 Å². The highest BCUT2D eigenvalue weighted by atomic mass is 32.2. The van der Waals surface area contributed by atoms with Gasteiger partial charge in [0.05, 0.1) is 18.6 Å². The van der Waals surface area contributed by atoms with Crippen molar-refractivity contribution in [3.05, 3.63) is 83.4 Å². The van der Waals surface area contributed by atoms with E-state index in [9.17, 15) is 9.00 Å². The first-order valence-electron chi connectivity index (χ1n) is 9.77. The fourth-order valence-electron chi connectivity index (χ4n) is 3.87. The van der Waals surface area contributed by atoms with Gasteiger partial charge in [0, 0.05) is 47.0 Å². The number of hydrogen-bond donors (Lipinski definition) is 0. The third-order valence-electron chi connectivity index (χ3n) is 5.24. The molecule has 1 aliphatic carbocycles. The summed E-state index contributed by atoms with van der Waals surface area (Å²) in [6.45, 7) is 0.606. The minimum absolute atomic E-state index is 0.166. The number of ether oxygens (including phenoxy) is 1. The van der Waals surface area contributed by atoms with Gasteiger partial charge in [-0.2, -0.15) is 0 Å². The molecule has 0 radical (unpaired) electrons. The fraction of sp³-hybridized carbons (Fsp3) is 0.304. The van der Waals surface area contributed by atoms with Crippen LogP contribution in [0.3, 0.4) is 0 Å². The van der Waals surface area contributed by atoms with Gasteiger partial charge < -0.3 is 9.30 Å². The Morgan fingerprint density at radius 2 is 2.00 bits per heavy atom. The Balaban J connectivity index is 1.73. The number of ketones is 1. The molecule has 29 heavy (non-hydrogen) atoms. The topological polar surface area (TPSA) is 61.2 Å². The van der Waals surface area contributed by atoms with Crippen LogP contribution in [0.5, 0.6) is 5.75 Å². The van der Waals surface area contributed by atoms with Crippen LogP contribution in [0.2, 0.25) is 0 Å². The molecule has 1 unspecified atom stereocenters. The van der Waals surface area contributed by atoms with Crippen LogP contribution in [0.4, 0.5) is 0 Å². The van der Waals surface area contributed by atoms with E-state index in [1.54, 1.807) is 18.8 Å². The molecule has 0 amide bonds. The largest absolute Gasteiger partial charge is 0.484 e. The smallest absolute Gasteiger partial charge is 0.163 e. The maximum absolute atomic E-state index is 12.4. The van der Waals surface area contributed by atoms with E-state index >= 15 is 0 Å². The van der Waals surface area contributed by atoms with Crippen molar-refractivity contribution in [3.63, 3.8) is 0 Å². The maximum Gasteiger partial charge on any atom is 0.163 e. The van der Waals surface area contributed by atoms with Crippen molar-refractivity contribution in [3.8, 4) is 5.75 Å². The third-order valence-corrected chi connectivity index (χ3v) is 5.94. The lowest BCUT2D eigenvalue weighted by molar-refractivity contribution is 0.0972. The number of benzene rings is 2. The summed E-state index contributed by atoms with van der Waals surface area (Å²) in [5.41, 5.74) is 3.72. The van der Waals surface area contributed by atoms with Crippen LogP contribution in [0.25, 0.3) is 0 Å². The van der Waals surface area contributed by atoms with Crippen LogP contribution in [-0.4, -0.2) is 25.8 Å². The molecule has 2 atom stereocenters. The second kappa shape index (κ2) is 8.74. The van der Waals surface area contributed by atoms with E-state index in [1.807, 2.05) is 53.2 Å². The van der Waals surface area contributed by atoms with Gasteiger partial charge in [0.2, 0.25) is 0 Å². The minimum atomic E-state index is -1.03. The number of carbonyl (C=O) groups excluding carboxylic acids is 1. The first-order chi connectivity index (χ1) is 14.1. The summed E-state index contributed by atoms with van der Waals surface area (Å²) in [7, 11) is -1.03. The number of rotatable bonds is 7. The maximum atomic E-state index is 12.4. The number of fused-ring (bicyclic) bond motifs is 1. The van der Waals surface area contributed by atoms with Gasteiger partial charge in [0.1, 0.15) is 11.9 Å². The van der Waals surface area contributed by atoms with Crippen LogP contribution in [-0.2, 0) is 29.5 Å². The summed E-state index contributed by atoms with van der Waals surface area (Å²) >= 11 is 0. The molecule has 1 aliphatic rings. The van der Waals surface area contributed by atoms with E-state index in [4.69, 9.17) is 4.74 Å². The Morgan fingerprint density at radius 3 is 2.72 bits per heavy atom. The Hall–Kier alpha value is -2.73. The number of hydrogen-bond acceptors (Lipinski definition) is 4. The van der Waals surface area contributed by atoms with E-state index in [0.29, 0.717) is 24.5 Å². The average Bonchev–Trinajstić information content (AvgIpc) is 3.23. The lowest BCUT2D eigenvalue weighted by atomic mass is 9.87. The molecule has 0 saturated carbocycles. The lowest BCUT2D eigenvalue weighted by Gasteiger charge is -2.25. The van der Waals surface area contributed by atoms with E-state index in [-0.39, 0.29) is 11.9 Å². The molecule has 0 bridgehead atoms. The molecule has 0 saturated heterocycles. The number of Topliss-reactive ketones (excluding diaryl/α,β-unsaturated/α-hetero) is 1. The van der Waals surface area contributed by atoms with Crippen LogP contribution in [0, 0.1) is 0 Å². The zero-order valence-corrected chi connectivity index (χ0v) is 17.2. The molecule has 6 heteroatoms. The Labute approximate surface area is 173 Å². The monoisotopic (exact) mass is 408 g/mol. The van der Waals surface area contributed by atoms with Gasteiger partial charge in [-0.15, -0.1) is 0 Å². The van der Waals surface area contributed by atoms with Gasteiger partial charge >= 0.3 is 0 Å². The van der Waals surface area contributed by atoms with Gasteiger partial charge in [0.15, 0.2) is 5.78 Å². The molecule has 5 nitrogen and oxygen atoms in total. The highest BCUT2D eigenvalue weighted by molar-refractivity contribution is 7.83. The molecule has 1 aromatic heterocycles. The van der Waals surface area contributed by atoms with Crippen molar-refractivity contribution >= 4 is 16.6 Å². The zero-order valence-electron chi connectivity index (χ0n) is 16.4. The quantitative estimate of drug-likeness (QED) is 0.590. The molecule has 3 aromatic rings. The highest BCUT2D eigenvalue weighted by Crippen LogP contribution is 2.35.